The number of hydrogen-bond donors (Lipinski definition) is 0. The molecule has 0 aliphatic heterocycles. The van der Waals surface area contributed by atoms with Crippen LogP contribution in [-0.2, 0) is 17.7 Å². The molecule has 0 aliphatic carbocycles. The van der Waals surface area contributed by atoms with Gasteiger partial charge in [-0.15, -0.1) is 27.0 Å². The fraction of sp³-hybridized carbons (Fsp3) is 0.353. The third-order valence-corrected chi connectivity index (χ3v) is 4.35. The third-order valence-electron chi connectivity index (χ3n) is 3.40. The van der Waals surface area contributed by atoms with Crippen molar-refractivity contribution in [3.8, 4) is 11.4 Å². The normalized spacial score (nSPS) is 11.6. The van der Waals surface area contributed by atoms with E-state index < -0.39 is 0 Å². The summed E-state index contributed by atoms with van der Waals surface area (Å²) < 4.78 is 7.74. The summed E-state index contributed by atoms with van der Waals surface area (Å²) >= 11 is 1.51. The minimum Gasteiger partial charge on any atom is -0.424 e. The van der Waals surface area contributed by atoms with Gasteiger partial charge in [-0.05, 0) is 12.1 Å². The molecular weight excluding hydrogens is 336 g/mol. The molecule has 0 aromatic carbocycles. The molecule has 3 heterocycles. The Bertz CT molecular complexity index is 850. The van der Waals surface area contributed by atoms with Crippen LogP contribution in [0.15, 0.2) is 46.8 Å². The molecule has 3 aromatic heterocycles. The Morgan fingerprint density at radius 3 is 2.56 bits per heavy atom. The van der Waals surface area contributed by atoms with Crippen molar-refractivity contribution in [1.29, 1.82) is 0 Å². The molecular formula is C17H20N6OS. The maximum Gasteiger partial charge on any atom is 0.226 e. The summed E-state index contributed by atoms with van der Waals surface area (Å²) in [6.07, 6.45) is 5.30. The van der Waals surface area contributed by atoms with E-state index in [0.29, 0.717) is 24.1 Å². The quantitative estimate of drug-likeness (QED) is 0.494. The summed E-state index contributed by atoms with van der Waals surface area (Å²) in [6, 6.07) is 3.82. The zero-order chi connectivity index (χ0) is 17.9. The molecule has 0 fully saturated rings. The van der Waals surface area contributed by atoms with Crippen LogP contribution >= 0.6 is 11.8 Å². The van der Waals surface area contributed by atoms with E-state index in [1.165, 1.54) is 11.8 Å². The molecule has 0 unspecified atom stereocenters. The SMILES string of the molecule is C=CCn1c(SCc2nnc(C(C)(C)C)o2)nnc1-c1ccncc1. The predicted molar refractivity (Wildman–Crippen MR) is 96.0 cm³/mol. The average Bonchev–Trinajstić information content (AvgIpc) is 3.21. The summed E-state index contributed by atoms with van der Waals surface area (Å²) in [6.45, 7) is 10.6. The number of pyridine rings is 1. The van der Waals surface area contributed by atoms with Gasteiger partial charge in [0.15, 0.2) is 11.0 Å². The summed E-state index contributed by atoms with van der Waals surface area (Å²) in [4.78, 5) is 4.04. The van der Waals surface area contributed by atoms with E-state index >= 15 is 0 Å². The lowest BCUT2D eigenvalue weighted by atomic mass is 9.97. The van der Waals surface area contributed by atoms with Crippen molar-refractivity contribution in [3.05, 3.63) is 49.0 Å². The number of aromatic nitrogens is 6. The fourth-order valence-electron chi connectivity index (χ4n) is 2.15. The first-order valence-electron chi connectivity index (χ1n) is 7.89. The van der Waals surface area contributed by atoms with Crippen molar-refractivity contribution < 1.29 is 4.42 Å². The van der Waals surface area contributed by atoms with E-state index in [1.54, 1.807) is 12.4 Å². The first-order valence-corrected chi connectivity index (χ1v) is 8.87. The Balaban J connectivity index is 1.80. The number of hydrogen-bond acceptors (Lipinski definition) is 7. The standard InChI is InChI=1S/C17H20N6OS/c1-5-10-23-14(12-6-8-18-9-7-12)20-22-16(23)25-11-13-19-21-15(24-13)17(2,3)4/h5-9H,1,10-11H2,2-4H3. The summed E-state index contributed by atoms with van der Waals surface area (Å²) in [5.41, 5.74) is 0.803. The Labute approximate surface area is 150 Å². The highest BCUT2D eigenvalue weighted by Crippen LogP contribution is 2.27. The lowest BCUT2D eigenvalue weighted by Crippen LogP contribution is -2.11. The average molecular weight is 356 g/mol. The minimum absolute atomic E-state index is 0.159. The van der Waals surface area contributed by atoms with Gasteiger partial charge in [0.05, 0.1) is 5.75 Å². The zero-order valence-electron chi connectivity index (χ0n) is 14.5. The van der Waals surface area contributed by atoms with Crippen LogP contribution < -0.4 is 0 Å². The van der Waals surface area contributed by atoms with Gasteiger partial charge in [-0.2, -0.15) is 0 Å². The first kappa shape index (κ1) is 17.3. The van der Waals surface area contributed by atoms with Crippen molar-refractivity contribution in [2.75, 3.05) is 0 Å². The maximum absolute atomic E-state index is 5.73. The highest BCUT2D eigenvalue weighted by Gasteiger charge is 2.22. The molecule has 7 nitrogen and oxygen atoms in total. The zero-order valence-corrected chi connectivity index (χ0v) is 15.3. The summed E-state index contributed by atoms with van der Waals surface area (Å²) in [5, 5.41) is 17.6. The second-order valence-electron chi connectivity index (χ2n) is 6.48. The molecule has 0 aliphatic rings. The second kappa shape index (κ2) is 7.18. The van der Waals surface area contributed by atoms with Crippen LogP contribution in [0.5, 0.6) is 0 Å². The molecule has 0 saturated heterocycles. The Morgan fingerprint density at radius 2 is 1.92 bits per heavy atom. The van der Waals surface area contributed by atoms with Crippen LogP contribution in [0.25, 0.3) is 11.4 Å². The second-order valence-corrected chi connectivity index (χ2v) is 7.42. The van der Waals surface area contributed by atoms with Crippen LogP contribution in [0.4, 0.5) is 0 Å². The topological polar surface area (TPSA) is 82.5 Å². The molecule has 3 rings (SSSR count). The molecule has 25 heavy (non-hydrogen) atoms. The summed E-state index contributed by atoms with van der Waals surface area (Å²) in [7, 11) is 0. The number of allylic oxidation sites excluding steroid dienone is 1. The van der Waals surface area contributed by atoms with Crippen LogP contribution in [-0.4, -0.2) is 29.9 Å². The minimum atomic E-state index is -0.159. The van der Waals surface area contributed by atoms with E-state index in [9.17, 15) is 0 Å². The van der Waals surface area contributed by atoms with Crippen molar-refractivity contribution in [1.82, 2.24) is 29.9 Å². The fourth-order valence-corrected chi connectivity index (χ4v) is 2.93. The van der Waals surface area contributed by atoms with E-state index in [1.807, 2.05) is 43.5 Å². The molecule has 0 saturated carbocycles. The molecule has 0 spiro atoms. The summed E-state index contributed by atoms with van der Waals surface area (Å²) in [5.74, 6) is 2.53. The largest absolute Gasteiger partial charge is 0.424 e. The number of thioether (sulfide) groups is 1. The monoisotopic (exact) mass is 356 g/mol. The van der Waals surface area contributed by atoms with Gasteiger partial charge in [0, 0.05) is 29.9 Å². The van der Waals surface area contributed by atoms with Crippen molar-refractivity contribution >= 4 is 11.8 Å². The van der Waals surface area contributed by atoms with Gasteiger partial charge in [0.2, 0.25) is 11.8 Å². The molecule has 8 heteroatoms. The smallest absolute Gasteiger partial charge is 0.226 e. The van der Waals surface area contributed by atoms with Gasteiger partial charge in [0.25, 0.3) is 0 Å². The first-order chi connectivity index (χ1) is 12.0. The predicted octanol–water partition coefficient (Wildman–Crippen LogP) is 3.50. The Hall–Kier alpha value is -2.48. The van der Waals surface area contributed by atoms with Gasteiger partial charge in [0.1, 0.15) is 0 Å². The molecule has 0 radical (unpaired) electrons. The molecule has 0 N–H and O–H groups in total. The van der Waals surface area contributed by atoms with Gasteiger partial charge in [-0.3, -0.25) is 9.55 Å². The van der Waals surface area contributed by atoms with E-state index in [2.05, 4.69) is 32.0 Å². The molecule has 0 bridgehead atoms. The highest BCUT2D eigenvalue weighted by molar-refractivity contribution is 7.98. The van der Waals surface area contributed by atoms with Crippen molar-refractivity contribution in [2.24, 2.45) is 0 Å². The van der Waals surface area contributed by atoms with E-state index in [4.69, 9.17) is 4.42 Å². The number of nitrogens with zero attached hydrogens (tertiary/aromatic N) is 6. The molecule has 3 aromatic rings. The lowest BCUT2D eigenvalue weighted by molar-refractivity contribution is 0.378. The molecule has 0 amide bonds. The van der Waals surface area contributed by atoms with Gasteiger partial charge >= 0.3 is 0 Å². The van der Waals surface area contributed by atoms with Crippen LogP contribution in [0.3, 0.4) is 0 Å². The van der Waals surface area contributed by atoms with Gasteiger partial charge < -0.3 is 4.42 Å². The van der Waals surface area contributed by atoms with Gasteiger partial charge in [-0.1, -0.05) is 38.6 Å². The van der Waals surface area contributed by atoms with E-state index in [-0.39, 0.29) is 5.41 Å². The number of rotatable bonds is 6. The van der Waals surface area contributed by atoms with Crippen LogP contribution in [0.1, 0.15) is 32.6 Å². The van der Waals surface area contributed by atoms with Crippen molar-refractivity contribution in [3.63, 3.8) is 0 Å². The van der Waals surface area contributed by atoms with Crippen molar-refractivity contribution in [2.45, 2.75) is 43.6 Å². The van der Waals surface area contributed by atoms with E-state index in [0.717, 1.165) is 16.5 Å². The van der Waals surface area contributed by atoms with Crippen LogP contribution in [0, 0.1) is 0 Å². The van der Waals surface area contributed by atoms with Gasteiger partial charge in [-0.25, -0.2) is 0 Å². The molecule has 0 atom stereocenters. The molecule has 130 valence electrons. The highest BCUT2D eigenvalue weighted by atomic mass is 32.2. The third kappa shape index (κ3) is 3.96. The lowest BCUT2D eigenvalue weighted by Gasteiger charge is -2.11. The Morgan fingerprint density at radius 1 is 1.16 bits per heavy atom. The van der Waals surface area contributed by atoms with Crippen LogP contribution in [0.2, 0.25) is 0 Å². The Kier molecular flexibility index (Phi) is 4.98. The maximum atomic E-state index is 5.73.